The molecular weight excluding hydrogens is 248 g/mol. The second kappa shape index (κ2) is 5.12. The highest BCUT2D eigenvalue weighted by molar-refractivity contribution is 7.07. The van der Waals surface area contributed by atoms with Gasteiger partial charge < -0.3 is 10.1 Å². The van der Waals surface area contributed by atoms with Gasteiger partial charge in [0, 0.05) is 24.5 Å². The predicted molar refractivity (Wildman–Crippen MR) is 63.1 cm³/mol. The van der Waals surface area contributed by atoms with Gasteiger partial charge in [-0.1, -0.05) is 0 Å². The zero-order chi connectivity index (χ0) is 11.4. The minimum absolute atomic E-state index is 0.149. The summed E-state index contributed by atoms with van der Waals surface area (Å²) in [5, 5.41) is 4.71. The molecule has 1 aliphatic heterocycles. The summed E-state index contributed by atoms with van der Waals surface area (Å²) in [6.45, 7) is 1.29. The number of nitrogens with zero attached hydrogens (tertiary/aromatic N) is 1. The van der Waals surface area contributed by atoms with Gasteiger partial charge in [0.1, 0.15) is 5.69 Å². The van der Waals surface area contributed by atoms with Crippen molar-refractivity contribution in [3.05, 3.63) is 16.6 Å². The number of rotatable bonds is 3. The van der Waals surface area contributed by atoms with E-state index in [2.05, 4.69) is 10.3 Å². The molecule has 0 aliphatic carbocycles. The van der Waals surface area contributed by atoms with Crippen LogP contribution in [0.1, 0.15) is 23.3 Å². The number of thiazole rings is 1. The molecule has 0 spiro atoms. The Balaban J connectivity index is 2.03. The van der Waals surface area contributed by atoms with Gasteiger partial charge in [-0.15, -0.1) is 22.9 Å². The Morgan fingerprint density at radius 1 is 1.62 bits per heavy atom. The van der Waals surface area contributed by atoms with Crippen LogP contribution in [0.3, 0.4) is 0 Å². The van der Waals surface area contributed by atoms with E-state index in [1.165, 1.54) is 11.3 Å². The fraction of sp³-hybridized carbons (Fsp3) is 0.600. The van der Waals surface area contributed by atoms with E-state index >= 15 is 0 Å². The average Bonchev–Trinajstić information content (AvgIpc) is 2.84. The first-order valence-corrected chi connectivity index (χ1v) is 6.58. The Hall–Kier alpha value is -0.650. The molecule has 0 atom stereocenters. The van der Waals surface area contributed by atoms with Gasteiger partial charge in [-0.2, -0.15) is 0 Å². The number of hydrogen-bond donors (Lipinski definition) is 1. The molecule has 1 aliphatic rings. The summed E-state index contributed by atoms with van der Waals surface area (Å²) in [6, 6.07) is 0. The van der Waals surface area contributed by atoms with Crippen LogP contribution in [0.4, 0.5) is 0 Å². The van der Waals surface area contributed by atoms with Crippen LogP contribution in [0, 0.1) is 0 Å². The molecule has 16 heavy (non-hydrogen) atoms. The average molecular weight is 261 g/mol. The number of ether oxygens (including phenoxy) is 1. The number of carbonyl (C=O) groups excluding carboxylic acids is 1. The molecule has 1 saturated heterocycles. The number of halogens is 1. The van der Waals surface area contributed by atoms with E-state index in [1.54, 1.807) is 10.9 Å². The Kier molecular flexibility index (Phi) is 3.78. The zero-order valence-electron chi connectivity index (χ0n) is 8.74. The van der Waals surface area contributed by atoms with E-state index in [1.807, 2.05) is 0 Å². The number of hydrogen-bond acceptors (Lipinski definition) is 4. The summed E-state index contributed by atoms with van der Waals surface area (Å²) < 4.78 is 5.28. The van der Waals surface area contributed by atoms with E-state index in [-0.39, 0.29) is 11.4 Å². The third-order valence-corrected chi connectivity index (χ3v) is 3.85. The molecule has 1 N–H and O–H groups in total. The third kappa shape index (κ3) is 2.53. The van der Waals surface area contributed by atoms with Crippen LogP contribution in [0.2, 0.25) is 0 Å². The number of aromatic nitrogens is 1. The second-order valence-corrected chi connectivity index (χ2v) is 4.84. The van der Waals surface area contributed by atoms with Crippen molar-refractivity contribution >= 4 is 28.8 Å². The minimum Gasteiger partial charge on any atom is -0.381 e. The molecule has 0 unspecified atom stereocenters. The first-order chi connectivity index (χ1) is 7.76. The fourth-order valence-corrected chi connectivity index (χ4v) is 2.55. The first kappa shape index (κ1) is 11.8. The van der Waals surface area contributed by atoms with Gasteiger partial charge in [0.05, 0.1) is 11.0 Å². The maximum atomic E-state index is 11.9. The summed E-state index contributed by atoms with van der Waals surface area (Å²) in [6.07, 6.45) is 1.51. The summed E-state index contributed by atoms with van der Waals surface area (Å²) in [7, 11) is 0. The van der Waals surface area contributed by atoms with Crippen molar-refractivity contribution in [2.24, 2.45) is 0 Å². The van der Waals surface area contributed by atoms with E-state index in [9.17, 15) is 4.79 Å². The van der Waals surface area contributed by atoms with Crippen molar-refractivity contribution in [3.63, 3.8) is 0 Å². The number of nitrogens with one attached hydrogen (secondary N) is 1. The molecule has 4 nitrogen and oxygen atoms in total. The van der Waals surface area contributed by atoms with E-state index in [0.717, 1.165) is 12.8 Å². The van der Waals surface area contributed by atoms with Gasteiger partial charge >= 0.3 is 0 Å². The van der Waals surface area contributed by atoms with Crippen LogP contribution in [-0.4, -0.2) is 35.5 Å². The minimum atomic E-state index is -0.333. The molecule has 2 rings (SSSR count). The lowest BCUT2D eigenvalue weighted by molar-refractivity contribution is 0.0432. The van der Waals surface area contributed by atoms with Crippen molar-refractivity contribution in [1.82, 2.24) is 10.3 Å². The smallest absolute Gasteiger partial charge is 0.271 e. The highest BCUT2D eigenvalue weighted by atomic mass is 35.5. The molecule has 0 radical (unpaired) electrons. The van der Waals surface area contributed by atoms with Crippen molar-refractivity contribution in [2.45, 2.75) is 18.4 Å². The fourth-order valence-electron chi connectivity index (χ4n) is 1.68. The molecule has 0 aromatic carbocycles. The predicted octanol–water partition coefficient (Wildman–Crippen LogP) is 1.66. The van der Waals surface area contributed by atoms with Gasteiger partial charge in [0.2, 0.25) is 0 Å². The molecule has 1 aromatic rings. The topological polar surface area (TPSA) is 51.2 Å². The molecular formula is C10H13ClN2O2S. The SMILES string of the molecule is O=C(NC1(CCl)CCOCC1)c1cscn1. The van der Waals surface area contributed by atoms with Gasteiger partial charge in [0.15, 0.2) is 0 Å². The summed E-state index contributed by atoms with van der Waals surface area (Å²) in [4.78, 5) is 15.9. The van der Waals surface area contributed by atoms with Gasteiger partial charge in [-0.25, -0.2) is 4.98 Å². The summed E-state index contributed by atoms with van der Waals surface area (Å²) >= 11 is 7.36. The van der Waals surface area contributed by atoms with E-state index in [0.29, 0.717) is 24.8 Å². The molecule has 2 heterocycles. The molecule has 0 bridgehead atoms. The lowest BCUT2D eigenvalue weighted by Crippen LogP contribution is -2.53. The largest absolute Gasteiger partial charge is 0.381 e. The van der Waals surface area contributed by atoms with Gasteiger partial charge in [-0.05, 0) is 12.8 Å². The lowest BCUT2D eigenvalue weighted by Gasteiger charge is -2.36. The number of carbonyl (C=O) groups is 1. The first-order valence-electron chi connectivity index (χ1n) is 5.10. The van der Waals surface area contributed by atoms with Crippen LogP contribution in [0.5, 0.6) is 0 Å². The molecule has 1 aromatic heterocycles. The van der Waals surface area contributed by atoms with Crippen molar-refractivity contribution < 1.29 is 9.53 Å². The number of alkyl halides is 1. The van der Waals surface area contributed by atoms with Crippen LogP contribution < -0.4 is 5.32 Å². The summed E-state index contributed by atoms with van der Waals surface area (Å²) in [5.74, 6) is 0.260. The lowest BCUT2D eigenvalue weighted by atomic mass is 9.92. The zero-order valence-corrected chi connectivity index (χ0v) is 10.3. The van der Waals surface area contributed by atoms with Crippen molar-refractivity contribution in [2.75, 3.05) is 19.1 Å². The monoisotopic (exact) mass is 260 g/mol. The second-order valence-electron chi connectivity index (χ2n) is 3.85. The van der Waals surface area contributed by atoms with Crippen LogP contribution >= 0.6 is 22.9 Å². The molecule has 0 saturated carbocycles. The quantitative estimate of drug-likeness (QED) is 0.841. The third-order valence-electron chi connectivity index (χ3n) is 2.75. The summed E-state index contributed by atoms with van der Waals surface area (Å²) in [5.41, 5.74) is 1.77. The van der Waals surface area contributed by atoms with Crippen molar-refractivity contribution in [3.8, 4) is 0 Å². The maximum Gasteiger partial charge on any atom is 0.271 e. The van der Waals surface area contributed by atoms with Crippen LogP contribution in [0.15, 0.2) is 10.9 Å². The number of amides is 1. The molecule has 6 heteroatoms. The Labute approximate surface area is 103 Å². The normalized spacial score (nSPS) is 19.3. The molecule has 1 fully saturated rings. The van der Waals surface area contributed by atoms with Crippen LogP contribution in [-0.2, 0) is 4.74 Å². The maximum absolute atomic E-state index is 11.9. The van der Waals surface area contributed by atoms with Gasteiger partial charge in [-0.3, -0.25) is 4.79 Å². The Morgan fingerprint density at radius 3 is 2.94 bits per heavy atom. The molecule has 88 valence electrons. The highest BCUT2D eigenvalue weighted by Gasteiger charge is 2.33. The van der Waals surface area contributed by atoms with E-state index < -0.39 is 0 Å². The van der Waals surface area contributed by atoms with Crippen LogP contribution in [0.25, 0.3) is 0 Å². The molecule has 1 amide bonds. The standard InChI is InChI=1S/C10H13ClN2O2S/c11-6-10(1-3-15-4-2-10)13-9(14)8-5-16-7-12-8/h5,7H,1-4,6H2,(H,13,14). The highest BCUT2D eigenvalue weighted by Crippen LogP contribution is 2.22. The Morgan fingerprint density at radius 2 is 2.38 bits per heavy atom. The van der Waals surface area contributed by atoms with E-state index in [4.69, 9.17) is 16.3 Å². The Bertz CT molecular complexity index is 350. The van der Waals surface area contributed by atoms with Gasteiger partial charge in [0.25, 0.3) is 5.91 Å². The van der Waals surface area contributed by atoms with Crippen molar-refractivity contribution in [1.29, 1.82) is 0 Å².